The zero-order chi connectivity index (χ0) is 18.7. The summed E-state index contributed by atoms with van der Waals surface area (Å²) in [6.07, 6.45) is 1.33. The number of nitrogens with one attached hydrogen (secondary N) is 1. The van der Waals surface area contributed by atoms with E-state index >= 15 is 0 Å². The minimum absolute atomic E-state index is 0.0347. The van der Waals surface area contributed by atoms with Crippen LogP contribution in [0.2, 0.25) is 0 Å². The van der Waals surface area contributed by atoms with Crippen LogP contribution in [0.1, 0.15) is 41.4 Å². The van der Waals surface area contributed by atoms with Gasteiger partial charge < -0.3 is 20.1 Å². The lowest BCUT2D eigenvalue weighted by molar-refractivity contribution is -0.123. The molecule has 0 aliphatic carbocycles. The number of likely N-dealkylation sites (tertiary alicyclic amines) is 1. The molecule has 3 rings (SSSR count). The van der Waals surface area contributed by atoms with Gasteiger partial charge in [0.2, 0.25) is 11.8 Å². The van der Waals surface area contributed by atoms with Crippen LogP contribution in [0.4, 0.5) is 0 Å². The van der Waals surface area contributed by atoms with E-state index in [0.717, 1.165) is 19.4 Å². The summed E-state index contributed by atoms with van der Waals surface area (Å²) < 4.78 is 5.34. The second-order valence-corrected chi connectivity index (χ2v) is 6.78. The summed E-state index contributed by atoms with van der Waals surface area (Å²) in [4.78, 5) is 32.7. The van der Waals surface area contributed by atoms with Crippen molar-refractivity contribution in [2.45, 2.75) is 39.0 Å². The first-order valence-electron chi connectivity index (χ1n) is 9.05. The maximum absolute atomic E-state index is 12.3. The van der Waals surface area contributed by atoms with Crippen molar-refractivity contribution in [2.75, 3.05) is 33.3 Å². The van der Waals surface area contributed by atoms with Crippen LogP contribution in [0, 0.1) is 0 Å². The third-order valence-electron chi connectivity index (χ3n) is 4.90. The zero-order valence-corrected chi connectivity index (χ0v) is 15.3. The second-order valence-electron chi connectivity index (χ2n) is 6.78. The number of rotatable bonds is 6. The van der Waals surface area contributed by atoms with Gasteiger partial charge in [0, 0.05) is 25.2 Å². The maximum Gasteiger partial charge on any atom is 0.256 e. The number of aliphatic hydroxyl groups excluding tert-OH is 1. The van der Waals surface area contributed by atoms with Gasteiger partial charge in [-0.3, -0.25) is 14.5 Å². The lowest BCUT2D eigenvalue weighted by atomic mass is 10.1. The molecular formula is C18H26N4O4. The van der Waals surface area contributed by atoms with Gasteiger partial charge in [0.05, 0.1) is 37.6 Å². The largest absolute Gasteiger partial charge is 0.481 e. The van der Waals surface area contributed by atoms with E-state index < -0.39 is 0 Å². The SMILES string of the molecule is CCN1Cc2nc(OC)c(CNC(=O)CN3CCCC(O)C3)cc2C1=O. The predicted octanol–water partition coefficient (Wildman–Crippen LogP) is 0.139. The average molecular weight is 362 g/mol. The highest BCUT2D eigenvalue weighted by Crippen LogP contribution is 2.26. The molecule has 0 spiro atoms. The second kappa shape index (κ2) is 8.01. The highest BCUT2D eigenvalue weighted by molar-refractivity contribution is 5.98. The molecule has 1 saturated heterocycles. The van der Waals surface area contributed by atoms with Gasteiger partial charge in [-0.15, -0.1) is 0 Å². The molecule has 1 aromatic rings. The molecule has 0 aromatic carbocycles. The molecule has 8 heteroatoms. The molecule has 142 valence electrons. The molecule has 26 heavy (non-hydrogen) atoms. The van der Waals surface area contributed by atoms with Gasteiger partial charge in [-0.1, -0.05) is 0 Å². The first-order valence-corrected chi connectivity index (χ1v) is 9.05. The number of carbonyl (C=O) groups excluding carboxylic acids is 2. The number of fused-ring (bicyclic) bond motifs is 1. The smallest absolute Gasteiger partial charge is 0.256 e. The minimum Gasteiger partial charge on any atom is -0.481 e. The maximum atomic E-state index is 12.3. The van der Waals surface area contributed by atoms with Crippen LogP contribution in [0.25, 0.3) is 0 Å². The Hall–Kier alpha value is -2.19. The standard InChI is InChI=1S/C18H26N4O4/c1-3-22-10-15-14(18(22)25)7-12(17(20-15)26-2)8-19-16(24)11-21-6-4-5-13(23)9-21/h7,13,23H,3-6,8-11H2,1-2H3,(H,19,24). The molecular weight excluding hydrogens is 336 g/mol. The highest BCUT2D eigenvalue weighted by Gasteiger charge is 2.29. The molecule has 2 aliphatic heterocycles. The Morgan fingerprint density at radius 1 is 1.50 bits per heavy atom. The topological polar surface area (TPSA) is 95.0 Å². The lowest BCUT2D eigenvalue weighted by Crippen LogP contribution is -2.44. The number of aliphatic hydroxyl groups is 1. The summed E-state index contributed by atoms with van der Waals surface area (Å²) >= 11 is 0. The monoisotopic (exact) mass is 362 g/mol. The predicted molar refractivity (Wildman–Crippen MR) is 94.7 cm³/mol. The van der Waals surface area contributed by atoms with Crippen LogP contribution in [0.15, 0.2) is 6.07 Å². The van der Waals surface area contributed by atoms with Crippen molar-refractivity contribution in [1.82, 2.24) is 20.1 Å². The first kappa shape index (κ1) is 18.6. The summed E-state index contributed by atoms with van der Waals surface area (Å²) in [5.74, 6) is 0.277. The Morgan fingerprint density at radius 2 is 2.31 bits per heavy atom. The van der Waals surface area contributed by atoms with Gasteiger partial charge in [0.15, 0.2) is 0 Å². The molecule has 1 aromatic heterocycles. The van der Waals surface area contributed by atoms with Crippen molar-refractivity contribution in [3.05, 3.63) is 22.9 Å². The van der Waals surface area contributed by atoms with Gasteiger partial charge in [0.25, 0.3) is 5.91 Å². The molecule has 1 atom stereocenters. The van der Waals surface area contributed by atoms with Crippen LogP contribution in [-0.4, -0.2) is 71.1 Å². The molecule has 2 aliphatic rings. The van der Waals surface area contributed by atoms with Crippen molar-refractivity contribution >= 4 is 11.8 Å². The van der Waals surface area contributed by atoms with Crippen molar-refractivity contribution in [3.63, 3.8) is 0 Å². The fourth-order valence-corrected chi connectivity index (χ4v) is 3.49. The van der Waals surface area contributed by atoms with E-state index in [-0.39, 0.29) is 31.0 Å². The van der Waals surface area contributed by atoms with Crippen LogP contribution < -0.4 is 10.1 Å². The van der Waals surface area contributed by atoms with Gasteiger partial charge in [0.1, 0.15) is 0 Å². The number of β-amino-alcohol motifs (C(OH)–C–C–N with tert-alkyl or cyclic N) is 1. The lowest BCUT2D eigenvalue weighted by Gasteiger charge is -2.29. The number of nitrogens with zero attached hydrogens (tertiary/aromatic N) is 3. The number of aromatic nitrogens is 1. The van der Waals surface area contributed by atoms with E-state index in [4.69, 9.17) is 4.74 Å². The number of hydrogen-bond donors (Lipinski definition) is 2. The Kier molecular flexibility index (Phi) is 5.73. The number of piperidine rings is 1. The van der Waals surface area contributed by atoms with Crippen molar-refractivity contribution in [3.8, 4) is 5.88 Å². The van der Waals surface area contributed by atoms with Crippen LogP contribution in [-0.2, 0) is 17.9 Å². The zero-order valence-electron chi connectivity index (χ0n) is 15.3. The normalized spacial score (nSPS) is 20.2. The average Bonchev–Trinajstić information content (AvgIpc) is 2.94. The summed E-state index contributed by atoms with van der Waals surface area (Å²) in [5, 5.41) is 12.6. The molecule has 3 heterocycles. The summed E-state index contributed by atoms with van der Waals surface area (Å²) in [7, 11) is 1.53. The van der Waals surface area contributed by atoms with Gasteiger partial charge in [-0.2, -0.15) is 0 Å². The van der Waals surface area contributed by atoms with E-state index in [1.807, 2.05) is 11.8 Å². The minimum atomic E-state index is -0.356. The summed E-state index contributed by atoms with van der Waals surface area (Å²) in [5.41, 5.74) is 1.98. The molecule has 0 radical (unpaired) electrons. The fourth-order valence-electron chi connectivity index (χ4n) is 3.49. The quantitative estimate of drug-likeness (QED) is 0.747. The van der Waals surface area contributed by atoms with Crippen LogP contribution >= 0.6 is 0 Å². The van der Waals surface area contributed by atoms with E-state index in [1.54, 1.807) is 11.0 Å². The van der Waals surface area contributed by atoms with Gasteiger partial charge >= 0.3 is 0 Å². The number of hydrogen-bond acceptors (Lipinski definition) is 6. The molecule has 1 fully saturated rings. The molecule has 0 saturated carbocycles. The van der Waals surface area contributed by atoms with E-state index in [2.05, 4.69) is 10.3 Å². The molecule has 1 unspecified atom stereocenters. The first-order chi connectivity index (χ1) is 12.5. The number of pyridine rings is 1. The van der Waals surface area contributed by atoms with Crippen molar-refractivity contribution in [1.29, 1.82) is 0 Å². The Labute approximate surface area is 153 Å². The van der Waals surface area contributed by atoms with Crippen LogP contribution in [0.3, 0.4) is 0 Å². The Balaban J connectivity index is 1.63. The molecule has 2 amide bonds. The van der Waals surface area contributed by atoms with Crippen molar-refractivity contribution < 1.29 is 19.4 Å². The van der Waals surface area contributed by atoms with Gasteiger partial charge in [-0.05, 0) is 32.4 Å². The Bertz CT molecular complexity index is 694. The van der Waals surface area contributed by atoms with Gasteiger partial charge in [-0.25, -0.2) is 4.98 Å². The van der Waals surface area contributed by atoms with E-state index in [9.17, 15) is 14.7 Å². The van der Waals surface area contributed by atoms with Crippen LogP contribution in [0.5, 0.6) is 5.88 Å². The van der Waals surface area contributed by atoms with E-state index in [0.29, 0.717) is 42.3 Å². The van der Waals surface area contributed by atoms with Crippen molar-refractivity contribution in [2.24, 2.45) is 0 Å². The molecule has 8 nitrogen and oxygen atoms in total. The number of methoxy groups -OCH3 is 1. The molecule has 2 N–H and O–H groups in total. The third kappa shape index (κ3) is 3.96. The highest BCUT2D eigenvalue weighted by atomic mass is 16.5. The number of amides is 2. The number of carbonyl (C=O) groups is 2. The van der Waals surface area contributed by atoms with E-state index in [1.165, 1.54) is 7.11 Å². The summed E-state index contributed by atoms with van der Waals surface area (Å²) in [6.45, 7) is 4.89. The summed E-state index contributed by atoms with van der Waals surface area (Å²) in [6, 6.07) is 1.77. The number of ether oxygens (including phenoxy) is 1. The fraction of sp³-hybridized carbons (Fsp3) is 0.611. The Morgan fingerprint density at radius 3 is 3.00 bits per heavy atom. The third-order valence-corrected chi connectivity index (χ3v) is 4.90. The molecule has 0 bridgehead atoms.